The first-order valence-corrected chi connectivity index (χ1v) is 9.93. The Labute approximate surface area is 167 Å². The monoisotopic (exact) mass is 410 g/mol. The SMILES string of the molecule is C[C@@H](N)C1CCCCC1.Nc1nc2c(ncn2[C@@H]2O[C@H](CO)[C@@H](O)[C@H]2O)c(=O)[nH]1. The summed E-state index contributed by atoms with van der Waals surface area (Å²) in [6.45, 7) is 1.69. The van der Waals surface area contributed by atoms with Crippen LogP contribution in [0.3, 0.4) is 0 Å². The molecule has 1 saturated carbocycles. The van der Waals surface area contributed by atoms with Gasteiger partial charge in [-0.05, 0) is 25.7 Å². The van der Waals surface area contributed by atoms with Crippen molar-refractivity contribution in [1.82, 2.24) is 19.5 Å². The molecule has 2 aromatic heterocycles. The Bertz CT molecular complexity index is 862. The number of nitrogens with one attached hydrogen (secondary N) is 1. The topological polar surface area (TPSA) is 186 Å². The molecule has 1 aliphatic heterocycles. The van der Waals surface area contributed by atoms with E-state index in [-0.39, 0.29) is 17.1 Å². The number of hydrogen-bond acceptors (Lipinski definition) is 9. The fourth-order valence-electron chi connectivity index (χ4n) is 3.90. The Hall–Kier alpha value is -2.05. The number of aliphatic hydroxyl groups is 3. The quantitative estimate of drug-likeness (QED) is 0.378. The predicted octanol–water partition coefficient (Wildman–Crippen LogP) is -0.773. The second-order valence-corrected chi connectivity index (χ2v) is 7.76. The van der Waals surface area contributed by atoms with Crippen molar-refractivity contribution in [1.29, 1.82) is 0 Å². The maximum Gasteiger partial charge on any atom is 0.280 e. The smallest absolute Gasteiger partial charge is 0.280 e. The highest BCUT2D eigenvalue weighted by atomic mass is 16.6. The molecule has 0 aromatic carbocycles. The van der Waals surface area contributed by atoms with Gasteiger partial charge in [0.25, 0.3) is 5.56 Å². The van der Waals surface area contributed by atoms with Gasteiger partial charge in [0, 0.05) is 6.04 Å². The summed E-state index contributed by atoms with van der Waals surface area (Å²) in [6, 6.07) is 0.435. The lowest BCUT2D eigenvalue weighted by atomic mass is 9.85. The zero-order valence-electron chi connectivity index (χ0n) is 16.4. The van der Waals surface area contributed by atoms with Crippen LogP contribution >= 0.6 is 0 Å². The summed E-state index contributed by atoms with van der Waals surface area (Å²) >= 11 is 0. The lowest BCUT2D eigenvalue weighted by Crippen LogP contribution is -2.33. The summed E-state index contributed by atoms with van der Waals surface area (Å²) in [6.07, 6.45) is 3.78. The average molecular weight is 410 g/mol. The lowest BCUT2D eigenvalue weighted by molar-refractivity contribution is -0.0511. The van der Waals surface area contributed by atoms with Crippen molar-refractivity contribution in [3.63, 3.8) is 0 Å². The molecule has 11 nitrogen and oxygen atoms in total. The van der Waals surface area contributed by atoms with Gasteiger partial charge in [-0.1, -0.05) is 19.3 Å². The minimum absolute atomic E-state index is 0.0388. The van der Waals surface area contributed by atoms with Crippen LogP contribution in [0.15, 0.2) is 11.1 Å². The Balaban J connectivity index is 0.000000224. The Kier molecular flexibility index (Phi) is 6.85. The summed E-state index contributed by atoms with van der Waals surface area (Å²) in [5.74, 6) is 0.731. The summed E-state index contributed by atoms with van der Waals surface area (Å²) in [5, 5.41) is 28.7. The van der Waals surface area contributed by atoms with Crippen LogP contribution in [0.2, 0.25) is 0 Å². The zero-order chi connectivity index (χ0) is 21.1. The first kappa shape index (κ1) is 21.7. The predicted molar refractivity (Wildman–Crippen MR) is 106 cm³/mol. The second kappa shape index (κ2) is 9.18. The van der Waals surface area contributed by atoms with E-state index in [9.17, 15) is 15.0 Å². The molecular weight excluding hydrogens is 380 g/mol. The highest BCUT2D eigenvalue weighted by Crippen LogP contribution is 2.30. The van der Waals surface area contributed by atoms with E-state index in [1.165, 1.54) is 43.0 Å². The number of anilines is 1. The number of aromatic nitrogens is 4. The number of aromatic amines is 1. The largest absolute Gasteiger partial charge is 0.394 e. The van der Waals surface area contributed by atoms with E-state index < -0.39 is 36.7 Å². The molecule has 0 unspecified atom stereocenters. The molecule has 1 aliphatic carbocycles. The number of aliphatic hydroxyl groups excluding tert-OH is 3. The van der Waals surface area contributed by atoms with Crippen molar-refractivity contribution in [2.45, 2.75) is 69.6 Å². The molecule has 2 fully saturated rings. The number of imidazole rings is 1. The highest BCUT2D eigenvalue weighted by Gasteiger charge is 2.44. The molecule has 0 spiro atoms. The van der Waals surface area contributed by atoms with Gasteiger partial charge in [-0.2, -0.15) is 4.98 Å². The summed E-state index contributed by atoms with van der Waals surface area (Å²) < 4.78 is 6.64. The minimum Gasteiger partial charge on any atom is -0.394 e. The van der Waals surface area contributed by atoms with Gasteiger partial charge in [0.2, 0.25) is 5.95 Å². The molecule has 11 heteroatoms. The fourth-order valence-corrected chi connectivity index (χ4v) is 3.90. The third-order valence-corrected chi connectivity index (χ3v) is 5.64. The minimum atomic E-state index is -1.29. The van der Waals surface area contributed by atoms with E-state index in [1.807, 2.05) is 0 Å². The number of ether oxygens (including phenoxy) is 1. The molecule has 2 aromatic rings. The molecular formula is C18H30N6O5. The molecule has 8 N–H and O–H groups in total. The summed E-state index contributed by atoms with van der Waals surface area (Å²) in [7, 11) is 0. The van der Waals surface area contributed by atoms with Gasteiger partial charge in [-0.3, -0.25) is 14.3 Å². The number of rotatable bonds is 3. The van der Waals surface area contributed by atoms with Crippen LogP contribution in [0.1, 0.15) is 45.3 Å². The molecule has 0 amide bonds. The highest BCUT2D eigenvalue weighted by molar-refractivity contribution is 5.70. The van der Waals surface area contributed by atoms with Crippen molar-refractivity contribution < 1.29 is 20.1 Å². The Morgan fingerprint density at radius 3 is 2.55 bits per heavy atom. The van der Waals surface area contributed by atoms with E-state index in [2.05, 4.69) is 21.9 Å². The van der Waals surface area contributed by atoms with E-state index in [0.29, 0.717) is 6.04 Å². The molecule has 0 radical (unpaired) electrons. The van der Waals surface area contributed by atoms with Gasteiger partial charge >= 0.3 is 0 Å². The molecule has 1 saturated heterocycles. The third kappa shape index (κ3) is 4.59. The van der Waals surface area contributed by atoms with Gasteiger partial charge in [0.1, 0.15) is 18.3 Å². The van der Waals surface area contributed by atoms with Crippen molar-refractivity contribution in [2.75, 3.05) is 12.3 Å². The molecule has 29 heavy (non-hydrogen) atoms. The molecule has 162 valence electrons. The maximum atomic E-state index is 11.7. The van der Waals surface area contributed by atoms with E-state index in [4.69, 9.17) is 21.3 Å². The van der Waals surface area contributed by atoms with Crippen LogP contribution in [-0.2, 0) is 4.74 Å². The fraction of sp³-hybridized carbons (Fsp3) is 0.722. The van der Waals surface area contributed by atoms with Crippen LogP contribution in [0.5, 0.6) is 0 Å². The standard InChI is InChI=1S/C10H13N5O5.C8H17N/c11-10-13-7-4(8(19)14-10)12-2-15(7)9-6(18)5(17)3(1-16)20-9;1-7(9)8-5-3-2-4-6-8/h2-3,5-6,9,16-18H,1H2,(H3,11,13,14,19);7-8H,2-6,9H2,1H3/t3-,5-,6-,9-;7-/m11/s1. The van der Waals surface area contributed by atoms with Gasteiger partial charge in [0.15, 0.2) is 17.4 Å². The number of H-pyrrole nitrogens is 1. The number of nitrogens with zero attached hydrogens (tertiary/aromatic N) is 3. The van der Waals surface area contributed by atoms with Crippen LogP contribution in [0, 0.1) is 5.92 Å². The van der Waals surface area contributed by atoms with Crippen LogP contribution in [0.25, 0.3) is 11.2 Å². The van der Waals surface area contributed by atoms with Gasteiger partial charge in [-0.15, -0.1) is 0 Å². The normalized spacial score (nSPS) is 28.9. The Morgan fingerprint density at radius 1 is 1.31 bits per heavy atom. The molecule has 2 aliphatic rings. The number of nitrogen functional groups attached to an aromatic ring is 1. The third-order valence-electron chi connectivity index (χ3n) is 5.64. The van der Waals surface area contributed by atoms with Gasteiger partial charge in [-0.25, -0.2) is 4.98 Å². The first-order valence-electron chi connectivity index (χ1n) is 9.93. The molecule has 4 rings (SSSR count). The maximum absolute atomic E-state index is 11.7. The molecule has 0 bridgehead atoms. The van der Waals surface area contributed by atoms with Crippen molar-refractivity contribution in [3.05, 3.63) is 16.7 Å². The molecule has 5 atom stereocenters. The van der Waals surface area contributed by atoms with Gasteiger partial charge < -0.3 is 31.5 Å². The first-order chi connectivity index (χ1) is 13.8. The summed E-state index contributed by atoms with van der Waals surface area (Å²) in [4.78, 5) is 21.8. The van der Waals surface area contributed by atoms with E-state index in [0.717, 1.165) is 5.92 Å². The Morgan fingerprint density at radius 2 is 2.00 bits per heavy atom. The van der Waals surface area contributed by atoms with E-state index >= 15 is 0 Å². The van der Waals surface area contributed by atoms with Crippen LogP contribution < -0.4 is 17.0 Å². The van der Waals surface area contributed by atoms with E-state index in [1.54, 1.807) is 0 Å². The van der Waals surface area contributed by atoms with Crippen molar-refractivity contribution in [3.8, 4) is 0 Å². The zero-order valence-corrected chi connectivity index (χ0v) is 16.4. The lowest BCUT2D eigenvalue weighted by Gasteiger charge is -2.24. The molecule has 3 heterocycles. The average Bonchev–Trinajstić information content (AvgIpc) is 3.24. The van der Waals surface area contributed by atoms with Crippen molar-refractivity contribution in [2.24, 2.45) is 11.7 Å². The second-order valence-electron chi connectivity index (χ2n) is 7.76. The number of fused-ring (bicyclic) bond motifs is 1. The van der Waals surface area contributed by atoms with Crippen LogP contribution in [0.4, 0.5) is 5.95 Å². The number of nitrogens with two attached hydrogens (primary N) is 2. The van der Waals surface area contributed by atoms with Crippen molar-refractivity contribution >= 4 is 17.1 Å². The number of hydrogen-bond donors (Lipinski definition) is 6. The summed E-state index contributed by atoms with van der Waals surface area (Å²) in [5.41, 5.74) is 10.9. The van der Waals surface area contributed by atoms with Crippen LogP contribution in [-0.4, -0.2) is 65.8 Å². The van der Waals surface area contributed by atoms with Gasteiger partial charge in [0.05, 0.1) is 12.9 Å².